The zero-order valence-electron chi connectivity index (χ0n) is 14.7. The number of thioether (sulfide) groups is 1. The van der Waals surface area contributed by atoms with Crippen LogP contribution in [-0.2, 0) is 14.1 Å². The molecule has 1 aromatic rings. The Balaban J connectivity index is 2.29. The summed E-state index contributed by atoms with van der Waals surface area (Å²) in [7, 11) is -0.533. The first-order valence-electron chi connectivity index (χ1n) is 7.75. The van der Waals surface area contributed by atoms with Crippen LogP contribution >= 0.6 is 11.8 Å². The van der Waals surface area contributed by atoms with Gasteiger partial charge >= 0.3 is 7.12 Å². The molecule has 0 bridgehead atoms. The summed E-state index contributed by atoms with van der Waals surface area (Å²) < 4.78 is 12.2. The Morgan fingerprint density at radius 1 is 1.25 bits per heavy atom. The standard InChI is InChI=1S/C17H22BNO4S/c1-12(21)24-11-14(8-15-7-6-13(10-20)9-19-15)18-22-16(2,3)17(4,5)23-18/h6-10H,11H2,1-5H3. The van der Waals surface area contributed by atoms with E-state index in [0.29, 0.717) is 17.0 Å². The summed E-state index contributed by atoms with van der Waals surface area (Å²) in [5.41, 5.74) is 1.14. The fraction of sp³-hybridized carbons (Fsp3) is 0.471. The van der Waals surface area contributed by atoms with Crippen molar-refractivity contribution in [2.24, 2.45) is 0 Å². The minimum absolute atomic E-state index is 0.0293. The molecule has 7 heteroatoms. The maximum Gasteiger partial charge on any atom is 0.491 e. The van der Waals surface area contributed by atoms with Crippen LogP contribution in [0.25, 0.3) is 6.08 Å². The van der Waals surface area contributed by atoms with Crippen molar-refractivity contribution in [2.75, 3.05) is 5.75 Å². The lowest BCUT2D eigenvalue weighted by molar-refractivity contribution is -0.109. The Morgan fingerprint density at radius 3 is 2.33 bits per heavy atom. The van der Waals surface area contributed by atoms with Gasteiger partial charge in [0.25, 0.3) is 0 Å². The largest absolute Gasteiger partial charge is 0.491 e. The van der Waals surface area contributed by atoms with Crippen LogP contribution in [0.1, 0.15) is 50.7 Å². The molecule has 0 aromatic carbocycles. The van der Waals surface area contributed by atoms with Gasteiger partial charge in [-0.25, -0.2) is 0 Å². The van der Waals surface area contributed by atoms with Gasteiger partial charge in [-0.3, -0.25) is 14.6 Å². The molecule has 1 fully saturated rings. The molecule has 5 nitrogen and oxygen atoms in total. The molecule has 0 saturated carbocycles. The van der Waals surface area contributed by atoms with E-state index in [4.69, 9.17) is 9.31 Å². The molecule has 0 radical (unpaired) electrons. The Morgan fingerprint density at radius 2 is 1.88 bits per heavy atom. The predicted molar refractivity (Wildman–Crippen MR) is 96.8 cm³/mol. The zero-order valence-corrected chi connectivity index (χ0v) is 15.5. The highest BCUT2D eigenvalue weighted by Gasteiger charge is 2.52. The number of carbonyl (C=O) groups is 2. The average Bonchev–Trinajstić information content (AvgIpc) is 2.72. The van der Waals surface area contributed by atoms with Crippen LogP contribution in [-0.4, -0.2) is 40.5 Å². The van der Waals surface area contributed by atoms with E-state index in [1.165, 1.54) is 24.9 Å². The number of nitrogens with zero attached hydrogens (tertiary/aromatic N) is 1. The number of pyridine rings is 1. The molecule has 0 aliphatic carbocycles. The van der Waals surface area contributed by atoms with Gasteiger partial charge in [0.05, 0.1) is 16.9 Å². The third-order valence-corrected chi connectivity index (χ3v) is 5.16. The maximum atomic E-state index is 11.4. The minimum Gasteiger partial charge on any atom is -0.400 e. The van der Waals surface area contributed by atoms with Crippen LogP contribution < -0.4 is 0 Å². The molecule has 0 spiro atoms. The van der Waals surface area contributed by atoms with E-state index in [9.17, 15) is 9.59 Å². The summed E-state index contributed by atoms with van der Waals surface area (Å²) in [4.78, 5) is 26.3. The van der Waals surface area contributed by atoms with Gasteiger partial charge in [0.2, 0.25) is 0 Å². The van der Waals surface area contributed by atoms with Crippen molar-refractivity contribution in [2.45, 2.75) is 45.8 Å². The lowest BCUT2D eigenvalue weighted by Crippen LogP contribution is -2.41. The van der Waals surface area contributed by atoms with E-state index in [-0.39, 0.29) is 5.12 Å². The van der Waals surface area contributed by atoms with Gasteiger partial charge in [-0.1, -0.05) is 11.8 Å². The number of carbonyl (C=O) groups excluding carboxylic acids is 2. The summed E-state index contributed by atoms with van der Waals surface area (Å²) >= 11 is 1.20. The Labute approximate surface area is 147 Å². The zero-order chi connectivity index (χ0) is 18.0. The molecule has 1 saturated heterocycles. The lowest BCUT2D eigenvalue weighted by Gasteiger charge is -2.32. The van der Waals surface area contributed by atoms with Crippen LogP contribution in [0, 0.1) is 0 Å². The normalized spacial score (nSPS) is 19.4. The van der Waals surface area contributed by atoms with Crippen molar-refractivity contribution in [3.8, 4) is 0 Å². The number of aromatic nitrogens is 1. The third kappa shape index (κ3) is 4.34. The van der Waals surface area contributed by atoms with Crippen molar-refractivity contribution in [3.63, 3.8) is 0 Å². The first kappa shape index (κ1) is 18.9. The first-order valence-corrected chi connectivity index (χ1v) is 8.74. The van der Waals surface area contributed by atoms with Crippen molar-refractivity contribution in [3.05, 3.63) is 35.1 Å². The van der Waals surface area contributed by atoms with Gasteiger partial charge in [-0.05, 0) is 51.4 Å². The molecular weight excluding hydrogens is 325 g/mol. The van der Waals surface area contributed by atoms with E-state index >= 15 is 0 Å². The molecule has 24 heavy (non-hydrogen) atoms. The fourth-order valence-electron chi connectivity index (χ4n) is 2.12. The minimum atomic E-state index is -0.533. The predicted octanol–water partition coefficient (Wildman–Crippen LogP) is 3.19. The van der Waals surface area contributed by atoms with Gasteiger partial charge in [0.1, 0.15) is 0 Å². The second-order valence-corrected chi connectivity index (χ2v) is 7.87. The summed E-state index contributed by atoms with van der Waals surface area (Å²) in [6.45, 7) is 9.48. The SMILES string of the molecule is CC(=O)SCC(=Cc1ccc(C=O)cn1)B1OC(C)(C)C(C)(C)O1. The van der Waals surface area contributed by atoms with Gasteiger partial charge < -0.3 is 9.31 Å². The molecule has 0 N–H and O–H groups in total. The second-order valence-electron chi connectivity index (χ2n) is 6.72. The third-order valence-electron chi connectivity index (χ3n) is 4.28. The smallest absolute Gasteiger partial charge is 0.400 e. The van der Waals surface area contributed by atoms with Crippen LogP contribution in [0.2, 0.25) is 0 Å². The average molecular weight is 347 g/mol. The van der Waals surface area contributed by atoms with Crippen molar-refractivity contribution in [1.82, 2.24) is 4.98 Å². The van der Waals surface area contributed by atoms with Crippen molar-refractivity contribution >= 4 is 36.4 Å². The summed E-state index contributed by atoms with van der Waals surface area (Å²) in [6.07, 6.45) is 4.12. The lowest BCUT2D eigenvalue weighted by atomic mass is 9.78. The molecule has 2 heterocycles. The van der Waals surface area contributed by atoms with Gasteiger partial charge in [-0.15, -0.1) is 0 Å². The molecular formula is C17H22BNO4S. The number of rotatable bonds is 5. The molecule has 1 aromatic heterocycles. The van der Waals surface area contributed by atoms with E-state index in [1.807, 2.05) is 33.8 Å². The Hall–Kier alpha value is -1.44. The molecule has 1 aliphatic heterocycles. The Kier molecular flexibility index (Phi) is 5.68. The van der Waals surface area contributed by atoms with E-state index < -0.39 is 18.3 Å². The van der Waals surface area contributed by atoms with Gasteiger partial charge in [0, 0.05) is 24.4 Å². The molecule has 0 amide bonds. The highest BCUT2D eigenvalue weighted by Crippen LogP contribution is 2.39. The number of hydrogen-bond acceptors (Lipinski definition) is 6. The number of aldehydes is 1. The van der Waals surface area contributed by atoms with E-state index in [0.717, 1.165) is 11.8 Å². The van der Waals surface area contributed by atoms with E-state index in [1.54, 1.807) is 12.1 Å². The quantitative estimate of drug-likeness (QED) is 0.602. The molecule has 0 atom stereocenters. The topological polar surface area (TPSA) is 65.5 Å². The molecule has 2 rings (SSSR count). The van der Waals surface area contributed by atoms with Crippen LogP contribution in [0.15, 0.2) is 23.8 Å². The number of hydrogen-bond donors (Lipinski definition) is 0. The van der Waals surface area contributed by atoms with Crippen LogP contribution in [0.5, 0.6) is 0 Å². The molecule has 0 unspecified atom stereocenters. The first-order chi connectivity index (χ1) is 11.1. The fourth-order valence-corrected chi connectivity index (χ4v) is 2.71. The molecule has 128 valence electrons. The monoisotopic (exact) mass is 347 g/mol. The molecule has 1 aliphatic rings. The summed E-state index contributed by atoms with van der Waals surface area (Å²) in [5.74, 6) is 0.462. The highest BCUT2D eigenvalue weighted by atomic mass is 32.2. The Bertz CT molecular complexity index is 639. The highest BCUT2D eigenvalue weighted by molar-refractivity contribution is 8.13. The van der Waals surface area contributed by atoms with Gasteiger partial charge in [-0.2, -0.15) is 0 Å². The summed E-state index contributed by atoms with van der Waals surface area (Å²) in [5, 5.41) is 0.0293. The maximum absolute atomic E-state index is 11.4. The van der Waals surface area contributed by atoms with Crippen LogP contribution in [0.3, 0.4) is 0 Å². The van der Waals surface area contributed by atoms with Crippen molar-refractivity contribution < 1.29 is 18.9 Å². The summed E-state index contributed by atoms with van der Waals surface area (Å²) in [6, 6.07) is 3.46. The second kappa shape index (κ2) is 7.21. The van der Waals surface area contributed by atoms with E-state index in [2.05, 4.69) is 4.98 Å². The van der Waals surface area contributed by atoms with Crippen molar-refractivity contribution in [1.29, 1.82) is 0 Å². The van der Waals surface area contributed by atoms with Gasteiger partial charge in [0.15, 0.2) is 11.4 Å². The van der Waals surface area contributed by atoms with Crippen LogP contribution in [0.4, 0.5) is 0 Å².